The molecule has 1 aromatic heterocycles. The number of anilines is 1. The summed E-state index contributed by atoms with van der Waals surface area (Å²) in [7, 11) is 1.70. The first kappa shape index (κ1) is 27.4. The van der Waals surface area contributed by atoms with Gasteiger partial charge in [0.2, 0.25) is 0 Å². The van der Waals surface area contributed by atoms with Crippen LogP contribution in [0.3, 0.4) is 0 Å². The first-order valence-electron chi connectivity index (χ1n) is 12.1. The number of rotatable bonds is 8. The summed E-state index contributed by atoms with van der Waals surface area (Å²) in [5.41, 5.74) is 2.04. The monoisotopic (exact) mass is 498 g/mol. The van der Waals surface area contributed by atoms with Crippen LogP contribution >= 0.6 is 0 Å². The molecule has 0 bridgehead atoms. The van der Waals surface area contributed by atoms with Gasteiger partial charge in [0.05, 0.1) is 18.8 Å². The minimum absolute atomic E-state index is 0.0111. The Morgan fingerprint density at radius 1 is 1.25 bits per heavy atom. The molecule has 1 saturated heterocycles. The summed E-state index contributed by atoms with van der Waals surface area (Å²) in [5, 5.41) is 9.07. The number of nitrogens with zero attached hydrogens (tertiary/aromatic N) is 4. The fourth-order valence-corrected chi connectivity index (χ4v) is 3.82. The average molecular weight is 499 g/mol. The number of ether oxygens (including phenoxy) is 3. The number of pyridine rings is 1. The van der Waals surface area contributed by atoms with E-state index in [1.807, 2.05) is 57.0 Å². The van der Waals surface area contributed by atoms with Crippen LogP contribution in [0.1, 0.15) is 44.0 Å². The largest absolute Gasteiger partial charge is 0.444 e. The zero-order chi connectivity index (χ0) is 26.3. The molecule has 1 aromatic carbocycles. The summed E-state index contributed by atoms with van der Waals surface area (Å²) in [4.78, 5) is 20.1. The van der Waals surface area contributed by atoms with Gasteiger partial charge < -0.3 is 24.0 Å². The van der Waals surface area contributed by atoms with Gasteiger partial charge in [-0.1, -0.05) is 6.07 Å². The van der Waals surface area contributed by atoms with Crippen LogP contribution in [-0.2, 0) is 20.8 Å². The molecule has 0 N–H and O–H groups in total. The minimum Gasteiger partial charge on any atom is -0.444 e. The summed E-state index contributed by atoms with van der Waals surface area (Å²) >= 11 is 0. The molecule has 0 spiro atoms. The van der Waals surface area contributed by atoms with Crippen molar-refractivity contribution in [2.24, 2.45) is 5.92 Å². The maximum absolute atomic E-state index is 14.3. The molecule has 0 unspecified atom stereocenters. The first-order chi connectivity index (χ1) is 17.0. The van der Waals surface area contributed by atoms with Crippen molar-refractivity contribution in [3.8, 4) is 6.07 Å². The number of hydrogen-bond donors (Lipinski definition) is 0. The molecule has 1 aliphatic heterocycles. The smallest absolute Gasteiger partial charge is 0.410 e. The number of amides is 1. The number of carbonyl (C=O) groups excluding carboxylic acids is 1. The molecule has 0 radical (unpaired) electrons. The van der Waals surface area contributed by atoms with Gasteiger partial charge in [0.15, 0.2) is 6.29 Å². The van der Waals surface area contributed by atoms with Gasteiger partial charge in [-0.2, -0.15) is 5.26 Å². The van der Waals surface area contributed by atoms with E-state index in [0.29, 0.717) is 45.0 Å². The molecule has 1 fully saturated rings. The number of halogens is 1. The van der Waals surface area contributed by atoms with Crippen molar-refractivity contribution in [3.05, 3.63) is 59.2 Å². The Morgan fingerprint density at radius 3 is 2.56 bits per heavy atom. The zero-order valence-electron chi connectivity index (χ0n) is 21.7. The number of aromatic nitrogens is 1. The van der Waals surface area contributed by atoms with Crippen LogP contribution in [0.4, 0.5) is 14.9 Å². The van der Waals surface area contributed by atoms with E-state index in [2.05, 4.69) is 4.98 Å². The predicted octanol–water partition coefficient (Wildman–Crippen LogP) is 4.65. The lowest BCUT2D eigenvalue weighted by molar-refractivity contribution is -0.203. The molecule has 0 saturated carbocycles. The summed E-state index contributed by atoms with van der Waals surface area (Å²) in [5.74, 6) is -0.509. The Balaban J connectivity index is 1.57. The third kappa shape index (κ3) is 8.18. The normalized spacial score (nSPS) is 17.8. The topological polar surface area (TPSA) is 87.9 Å². The fourth-order valence-electron chi connectivity index (χ4n) is 3.82. The second kappa shape index (κ2) is 12.2. The number of aryl methyl sites for hydroxylation is 1. The number of nitriles is 1. The van der Waals surface area contributed by atoms with Crippen molar-refractivity contribution in [3.63, 3.8) is 0 Å². The second-order valence-electron chi connectivity index (χ2n) is 10.1. The summed E-state index contributed by atoms with van der Waals surface area (Å²) in [6, 6.07) is 10.4. The number of carbonyl (C=O) groups is 1. The van der Waals surface area contributed by atoms with Gasteiger partial charge in [-0.25, -0.2) is 9.18 Å². The molecular weight excluding hydrogens is 463 g/mol. The Morgan fingerprint density at radius 2 is 1.97 bits per heavy atom. The van der Waals surface area contributed by atoms with Crippen LogP contribution in [0, 0.1) is 30.0 Å². The highest BCUT2D eigenvalue weighted by Gasteiger charge is 2.27. The van der Waals surface area contributed by atoms with E-state index in [-0.39, 0.29) is 17.6 Å². The van der Waals surface area contributed by atoms with E-state index in [4.69, 9.17) is 19.5 Å². The number of benzene rings is 1. The number of hydrogen-bond acceptors (Lipinski definition) is 7. The fraction of sp³-hybridized carbons (Fsp3) is 0.519. The van der Waals surface area contributed by atoms with Crippen molar-refractivity contribution < 1.29 is 23.4 Å². The molecule has 3 rings (SSSR count). The Bertz CT molecular complexity index is 1060. The predicted molar refractivity (Wildman–Crippen MR) is 134 cm³/mol. The second-order valence-corrected chi connectivity index (χ2v) is 10.1. The maximum atomic E-state index is 14.3. The molecule has 2 aromatic rings. The van der Waals surface area contributed by atoms with Gasteiger partial charge >= 0.3 is 6.09 Å². The summed E-state index contributed by atoms with van der Waals surface area (Å²) in [6.45, 7) is 9.90. The molecular formula is C27H35FN4O4. The standard InChI is InChI=1S/C27H35FN4O4/c1-19-6-7-20(14-30-19)16-32(23-9-8-22(13-29)24(28)12-23)11-10-25-34-17-21(18-35-25)15-31(5)26(33)36-27(2,3)4/h6-9,12,14,21,25H,10-11,15-18H2,1-5H3. The van der Waals surface area contributed by atoms with Crippen LogP contribution in [0.2, 0.25) is 0 Å². The Hall–Kier alpha value is -3.22. The minimum atomic E-state index is -0.552. The highest BCUT2D eigenvalue weighted by atomic mass is 19.1. The zero-order valence-corrected chi connectivity index (χ0v) is 21.7. The highest BCUT2D eigenvalue weighted by molar-refractivity contribution is 5.67. The first-order valence-corrected chi connectivity index (χ1v) is 12.1. The summed E-state index contributed by atoms with van der Waals surface area (Å²) in [6.07, 6.45) is 1.59. The quantitative estimate of drug-likeness (QED) is 0.523. The van der Waals surface area contributed by atoms with Gasteiger partial charge in [-0.05, 0) is 57.5 Å². The van der Waals surface area contributed by atoms with Gasteiger partial charge in [0.25, 0.3) is 0 Å². The molecule has 194 valence electrons. The van der Waals surface area contributed by atoms with Crippen molar-refractivity contribution >= 4 is 11.8 Å². The van der Waals surface area contributed by atoms with Gasteiger partial charge in [0.1, 0.15) is 17.5 Å². The van der Waals surface area contributed by atoms with Gasteiger partial charge in [-0.3, -0.25) is 4.98 Å². The molecule has 2 heterocycles. The molecule has 36 heavy (non-hydrogen) atoms. The van der Waals surface area contributed by atoms with Crippen LogP contribution in [0.25, 0.3) is 0 Å². The van der Waals surface area contributed by atoms with Gasteiger partial charge in [0, 0.05) is 56.6 Å². The summed E-state index contributed by atoms with van der Waals surface area (Å²) < 4.78 is 31.6. The van der Waals surface area contributed by atoms with Crippen LogP contribution in [0.5, 0.6) is 0 Å². The van der Waals surface area contributed by atoms with Crippen molar-refractivity contribution in [2.45, 2.75) is 52.6 Å². The van der Waals surface area contributed by atoms with E-state index >= 15 is 0 Å². The van der Waals surface area contributed by atoms with E-state index in [0.717, 1.165) is 11.3 Å². The lowest BCUT2D eigenvalue weighted by Gasteiger charge is -2.34. The SMILES string of the molecule is Cc1ccc(CN(CCC2OCC(CN(C)C(=O)OC(C)(C)C)CO2)c2ccc(C#N)c(F)c2)cn1. The van der Waals surface area contributed by atoms with Crippen molar-refractivity contribution in [1.29, 1.82) is 5.26 Å². The van der Waals surface area contributed by atoms with E-state index < -0.39 is 17.7 Å². The van der Waals surface area contributed by atoms with Crippen LogP contribution in [0.15, 0.2) is 36.5 Å². The molecule has 0 aliphatic carbocycles. The van der Waals surface area contributed by atoms with Crippen LogP contribution in [-0.4, -0.2) is 61.2 Å². The Kier molecular flexibility index (Phi) is 9.24. The maximum Gasteiger partial charge on any atom is 0.410 e. The highest BCUT2D eigenvalue weighted by Crippen LogP contribution is 2.23. The van der Waals surface area contributed by atoms with Gasteiger partial charge in [-0.15, -0.1) is 0 Å². The van der Waals surface area contributed by atoms with Crippen molar-refractivity contribution in [2.75, 3.05) is 38.3 Å². The lowest BCUT2D eigenvalue weighted by Crippen LogP contribution is -2.42. The Labute approximate surface area is 212 Å². The molecule has 1 aliphatic rings. The molecule has 8 nitrogen and oxygen atoms in total. The lowest BCUT2D eigenvalue weighted by atomic mass is 10.1. The third-order valence-electron chi connectivity index (χ3n) is 5.69. The third-order valence-corrected chi connectivity index (χ3v) is 5.69. The molecule has 1 amide bonds. The van der Waals surface area contributed by atoms with E-state index in [9.17, 15) is 9.18 Å². The molecule has 9 heteroatoms. The van der Waals surface area contributed by atoms with E-state index in [1.54, 1.807) is 18.0 Å². The van der Waals surface area contributed by atoms with Crippen molar-refractivity contribution in [1.82, 2.24) is 9.88 Å². The van der Waals surface area contributed by atoms with Crippen LogP contribution < -0.4 is 4.90 Å². The average Bonchev–Trinajstić information content (AvgIpc) is 2.82. The van der Waals surface area contributed by atoms with E-state index in [1.165, 1.54) is 12.1 Å². The molecule has 0 atom stereocenters.